The molecule has 0 spiro atoms. The number of carbonyl (C=O) groups excluding carboxylic acids is 1. The molecule has 2 rings (SSSR count). The van der Waals surface area contributed by atoms with Gasteiger partial charge in [-0.25, -0.2) is 0 Å². The maximum absolute atomic E-state index is 11.6. The van der Waals surface area contributed by atoms with E-state index in [4.69, 9.17) is 0 Å². The summed E-state index contributed by atoms with van der Waals surface area (Å²) in [4.78, 5) is 15.8. The lowest BCUT2D eigenvalue weighted by atomic mass is 10.2. The Bertz CT molecular complexity index is 556. The summed E-state index contributed by atoms with van der Waals surface area (Å²) in [6.45, 7) is 4.41. The van der Waals surface area contributed by atoms with Crippen LogP contribution in [0.25, 0.3) is 0 Å². The van der Waals surface area contributed by atoms with Gasteiger partial charge < -0.3 is 10.6 Å². The molecule has 0 fully saturated rings. The molecule has 2 heterocycles. The lowest BCUT2D eigenvalue weighted by Gasteiger charge is -2.13. The molecule has 0 aliphatic rings. The molecular formula is C14H17N5O. The average Bonchev–Trinajstić information content (AvgIpc) is 2.49. The molecule has 104 valence electrons. The van der Waals surface area contributed by atoms with E-state index in [0.29, 0.717) is 18.1 Å². The Hall–Kier alpha value is -2.50. The van der Waals surface area contributed by atoms with Crippen molar-refractivity contribution in [2.75, 3.05) is 11.9 Å². The molecule has 1 amide bonds. The van der Waals surface area contributed by atoms with Crippen LogP contribution in [0, 0.1) is 0 Å². The minimum absolute atomic E-state index is 0.0146. The maximum Gasteiger partial charge on any atom is 0.271 e. The molecule has 2 aromatic heterocycles. The first-order chi connectivity index (χ1) is 9.70. The number of rotatable bonds is 5. The van der Waals surface area contributed by atoms with Gasteiger partial charge in [-0.3, -0.25) is 9.78 Å². The van der Waals surface area contributed by atoms with Crippen LogP contribution in [-0.2, 0) is 0 Å². The van der Waals surface area contributed by atoms with E-state index in [1.807, 2.05) is 32.0 Å². The van der Waals surface area contributed by atoms with Gasteiger partial charge in [0.1, 0.15) is 5.82 Å². The van der Waals surface area contributed by atoms with Crippen molar-refractivity contribution < 1.29 is 4.79 Å². The summed E-state index contributed by atoms with van der Waals surface area (Å²) in [6.07, 6.45) is 1.75. The minimum Gasteiger partial charge on any atom is -0.360 e. The summed E-state index contributed by atoms with van der Waals surface area (Å²) in [5.74, 6) is 0.389. The number of pyridine rings is 1. The van der Waals surface area contributed by atoms with Crippen LogP contribution in [0.15, 0.2) is 36.5 Å². The monoisotopic (exact) mass is 271 g/mol. The summed E-state index contributed by atoms with van der Waals surface area (Å²) in [5.41, 5.74) is 1.23. The van der Waals surface area contributed by atoms with Crippen LogP contribution in [0.5, 0.6) is 0 Å². The molecule has 20 heavy (non-hydrogen) atoms. The third-order valence-corrected chi connectivity index (χ3v) is 2.73. The van der Waals surface area contributed by atoms with Gasteiger partial charge in [0.25, 0.3) is 5.91 Å². The van der Waals surface area contributed by atoms with Gasteiger partial charge >= 0.3 is 0 Å². The van der Waals surface area contributed by atoms with Crippen molar-refractivity contribution in [3.63, 3.8) is 0 Å². The molecule has 2 N–H and O–H groups in total. The van der Waals surface area contributed by atoms with E-state index in [2.05, 4.69) is 25.8 Å². The van der Waals surface area contributed by atoms with Crippen molar-refractivity contribution in [3.05, 3.63) is 47.9 Å². The quantitative estimate of drug-likeness (QED) is 0.866. The Balaban J connectivity index is 2.02. The van der Waals surface area contributed by atoms with E-state index in [1.165, 1.54) is 0 Å². The largest absolute Gasteiger partial charge is 0.360 e. The number of nitrogens with one attached hydrogen (secondary N) is 2. The van der Waals surface area contributed by atoms with E-state index in [9.17, 15) is 4.79 Å². The SMILES string of the molecule is CCNC(=O)c1ccc(NC(C)c2ccccn2)nn1. The standard InChI is InChI=1S/C14H17N5O/c1-3-15-14(20)12-7-8-13(19-18-12)17-10(2)11-6-4-5-9-16-11/h4-10H,3H2,1-2H3,(H,15,20)(H,17,19). The second-order valence-corrected chi connectivity index (χ2v) is 4.28. The summed E-state index contributed by atoms with van der Waals surface area (Å²) >= 11 is 0. The van der Waals surface area contributed by atoms with Crippen LogP contribution in [0.2, 0.25) is 0 Å². The van der Waals surface area contributed by atoms with E-state index in [1.54, 1.807) is 18.3 Å². The zero-order valence-electron chi connectivity index (χ0n) is 11.5. The second kappa shape index (κ2) is 6.60. The van der Waals surface area contributed by atoms with Crippen LogP contribution >= 0.6 is 0 Å². The van der Waals surface area contributed by atoms with Gasteiger partial charge in [0.2, 0.25) is 0 Å². The Kier molecular flexibility index (Phi) is 4.60. The van der Waals surface area contributed by atoms with Crippen molar-refractivity contribution in [2.45, 2.75) is 19.9 Å². The topological polar surface area (TPSA) is 79.8 Å². The molecule has 0 saturated carbocycles. The summed E-state index contributed by atoms with van der Waals surface area (Å²) in [7, 11) is 0. The normalized spacial score (nSPS) is 11.7. The maximum atomic E-state index is 11.6. The molecule has 6 heteroatoms. The van der Waals surface area contributed by atoms with E-state index < -0.39 is 0 Å². The van der Waals surface area contributed by atoms with Gasteiger partial charge in [0.15, 0.2) is 5.69 Å². The first-order valence-corrected chi connectivity index (χ1v) is 6.50. The third kappa shape index (κ3) is 3.50. The molecule has 0 aliphatic heterocycles. The average molecular weight is 271 g/mol. The highest BCUT2D eigenvalue weighted by atomic mass is 16.1. The fourth-order valence-corrected chi connectivity index (χ4v) is 1.71. The zero-order chi connectivity index (χ0) is 14.4. The fraction of sp³-hybridized carbons (Fsp3) is 0.286. The highest BCUT2D eigenvalue weighted by molar-refractivity contribution is 5.92. The smallest absolute Gasteiger partial charge is 0.271 e. The molecule has 0 radical (unpaired) electrons. The number of hydrogen-bond acceptors (Lipinski definition) is 5. The second-order valence-electron chi connectivity index (χ2n) is 4.28. The number of nitrogens with zero attached hydrogens (tertiary/aromatic N) is 3. The lowest BCUT2D eigenvalue weighted by Crippen LogP contribution is -2.24. The van der Waals surface area contributed by atoms with Gasteiger partial charge in [-0.05, 0) is 38.1 Å². The van der Waals surface area contributed by atoms with Gasteiger partial charge in [0, 0.05) is 12.7 Å². The molecule has 1 atom stereocenters. The lowest BCUT2D eigenvalue weighted by molar-refractivity contribution is 0.0950. The van der Waals surface area contributed by atoms with Crippen molar-refractivity contribution in [2.24, 2.45) is 0 Å². The van der Waals surface area contributed by atoms with E-state index in [0.717, 1.165) is 5.69 Å². The summed E-state index contributed by atoms with van der Waals surface area (Å²) < 4.78 is 0. The predicted molar refractivity (Wildman–Crippen MR) is 76.3 cm³/mol. The molecule has 0 aromatic carbocycles. The molecule has 0 aliphatic carbocycles. The van der Waals surface area contributed by atoms with Gasteiger partial charge in [-0.2, -0.15) is 0 Å². The van der Waals surface area contributed by atoms with Crippen molar-refractivity contribution in [3.8, 4) is 0 Å². The summed E-state index contributed by atoms with van der Waals surface area (Å²) in [6, 6.07) is 9.14. The Labute approximate surface area is 117 Å². The molecular weight excluding hydrogens is 254 g/mol. The van der Waals surface area contributed by atoms with Crippen LogP contribution in [0.3, 0.4) is 0 Å². The van der Waals surface area contributed by atoms with Gasteiger partial charge in [-0.1, -0.05) is 6.07 Å². The third-order valence-electron chi connectivity index (χ3n) is 2.73. The number of aromatic nitrogens is 3. The van der Waals surface area contributed by atoms with Crippen molar-refractivity contribution in [1.29, 1.82) is 0 Å². The van der Waals surface area contributed by atoms with Crippen molar-refractivity contribution in [1.82, 2.24) is 20.5 Å². The number of hydrogen-bond donors (Lipinski definition) is 2. The molecule has 0 saturated heterocycles. The number of amides is 1. The summed E-state index contributed by atoms with van der Waals surface area (Å²) in [5, 5.41) is 13.8. The van der Waals surface area contributed by atoms with E-state index >= 15 is 0 Å². The van der Waals surface area contributed by atoms with Gasteiger partial charge in [-0.15, -0.1) is 10.2 Å². The predicted octanol–water partition coefficient (Wildman–Crippen LogP) is 1.79. The Morgan fingerprint density at radius 2 is 2.10 bits per heavy atom. The minimum atomic E-state index is -0.218. The highest BCUT2D eigenvalue weighted by Crippen LogP contribution is 2.14. The fourth-order valence-electron chi connectivity index (χ4n) is 1.71. The zero-order valence-corrected chi connectivity index (χ0v) is 11.5. The first kappa shape index (κ1) is 13.9. The number of anilines is 1. The van der Waals surface area contributed by atoms with Gasteiger partial charge in [0.05, 0.1) is 11.7 Å². The molecule has 6 nitrogen and oxygen atoms in total. The number of carbonyl (C=O) groups is 1. The van der Waals surface area contributed by atoms with Crippen LogP contribution in [0.1, 0.15) is 36.1 Å². The van der Waals surface area contributed by atoms with Crippen LogP contribution in [0.4, 0.5) is 5.82 Å². The highest BCUT2D eigenvalue weighted by Gasteiger charge is 2.09. The first-order valence-electron chi connectivity index (χ1n) is 6.50. The van der Waals surface area contributed by atoms with Crippen molar-refractivity contribution >= 4 is 11.7 Å². The Morgan fingerprint density at radius 3 is 2.70 bits per heavy atom. The molecule has 2 aromatic rings. The van der Waals surface area contributed by atoms with Crippen LogP contribution < -0.4 is 10.6 Å². The van der Waals surface area contributed by atoms with Crippen LogP contribution in [-0.4, -0.2) is 27.6 Å². The van der Waals surface area contributed by atoms with E-state index in [-0.39, 0.29) is 11.9 Å². The molecule has 1 unspecified atom stereocenters. The molecule has 0 bridgehead atoms. The Morgan fingerprint density at radius 1 is 1.25 bits per heavy atom.